The van der Waals surface area contributed by atoms with Crippen LogP contribution in [0, 0.1) is 0 Å². The summed E-state index contributed by atoms with van der Waals surface area (Å²) in [7, 11) is 0. The second-order valence-corrected chi connectivity index (χ2v) is 7.68. The van der Waals surface area contributed by atoms with E-state index in [4.69, 9.17) is 5.73 Å². The van der Waals surface area contributed by atoms with Gasteiger partial charge in [-0.05, 0) is 42.5 Å². The zero-order valence-electron chi connectivity index (χ0n) is 17.5. The first-order valence-corrected chi connectivity index (χ1v) is 10.4. The molecule has 5 aromatic rings. The van der Waals surface area contributed by atoms with Gasteiger partial charge in [0, 0.05) is 41.0 Å². The van der Waals surface area contributed by atoms with Crippen LogP contribution in [-0.4, -0.2) is 37.8 Å². The number of para-hydroxylation sites is 1. The summed E-state index contributed by atoms with van der Waals surface area (Å²) in [6.45, 7) is 0. The van der Waals surface area contributed by atoms with E-state index in [0.29, 0.717) is 22.6 Å². The minimum absolute atomic E-state index is 0.199. The van der Waals surface area contributed by atoms with E-state index >= 15 is 0 Å². The van der Waals surface area contributed by atoms with Crippen LogP contribution in [0.5, 0.6) is 0 Å². The van der Waals surface area contributed by atoms with Crippen molar-refractivity contribution in [2.45, 2.75) is 12.5 Å². The summed E-state index contributed by atoms with van der Waals surface area (Å²) in [6, 6.07) is 19.4. The van der Waals surface area contributed by atoms with Crippen LogP contribution in [0.3, 0.4) is 0 Å². The third-order valence-electron chi connectivity index (χ3n) is 5.42. The van der Waals surface area contributed by atoms with Gasteiger partial charge in [-0.1, -0.05) is 24.3 Å². The Balaban J connectivity index is 1.36. The molecule has 0 aliphatic carbocycles. The normalized spacial score (nSPS) is 12.0. The van der Waals surface area contributed by atoms with Crippen LogP contribution in [0.1, 0.15) is 16.1 Å². The molecule has 0 saturated heterocycles. The van der Waals surface area contributed by atoms with Crippen LogP contribution >= 0.6 is 0 Å². The third-order valence-corrected chi connectivity index (χ3v) is 5.42. The Labute approximate surface area is 188 Å². The number of carbonyl (C=O) groups is 2. The average Bonchev–Trinajstić information content (AvgIpc) is 3.27. The van der Waals surface area contributed by atoms with E-state index in [0.717, 1.165) is 22.0 Å². The number of fused-ring (bicyclic) bond motifs is 2. The molecular formula is C25H20N6O2. The molecule has 0 aliphatic heterocycles. The summed E-state index contributed by atoms with van der Waals surface area (Å²) in [5.41, 5.74) is 9.79. The largest absolute Gasteiger partial charge is 0.368 e. The van der Waals surface area contributed by atoms with E-state index in [1.165, 1.54) is 0 Å². The molecule has 8 heteroatoms. The van der Waals surface area contributed by atoms with Crippen LogP contribution in [0.4, 0.5) is 0 Å². The molecule has 8 nitrogen and oxygen atoms in total. The van der Waals surface area contributed by atoms with Crippen molar-refractivity contribution in [2.24, 2.45) is 5.73 Å². The van der Waals surface area contributed by atoms with Gasteiger partial charge in [-0.25, -0.2) is 4.98 Å². The van der Waals surface area contributed by atoms with E-state index in [1.807, 2.05) is 48.5 Å². The number of nitrogens with two attached hydrogens (primary N) is 1. The predicted molar refractivity (Wildman–Crippen MR) is 125 cm³/mol. The van der Waals surface area contributed by atoms with Crippen molar-refractivity contribution in [1.29, 1.82) is 0 Å². The molecule has 0 bridgehead atoms. The predicted octanol–water partition coefficient (Wildman–Crippen LogP) is 3.00. The van der Waals surface area contributed by atoms with Gasteiger partial charge in [-0.15, -0.1) is 0 Å². The number of hydrogen-bond acceptors (Lipinski definition) is 5. The maximum absolute atomic E-state index is 12.9. The number of amides is 2. The molecule has 0 saturated carbocycles. The van der Waals surface area contributed by atoms with Gasteiger partial charge in [0.05, 0.1) is 16.6 Å². The number of hydrogen-bond donors (Lipinski definition) is 3. The fraction of sp³-hybridized carbons (Fsp3) is 0.0800. The van der Waals surface area contributed by atoms with Gasteiger partial charge in [0.1, 0.15) is 11.9 Å². The molecule has 0 fully saturated rings. The van der Waals surface area contributed by atoms with Gasteiger partial charge in [0.15, 0.2) is 0 Å². The Morgan fingerprint density at radius 3 is 2.58 bits per heavy atom. The minimum atomic E-state index is -0.893. The second-order valence-electron chi connectivity index (χ2n) is 7.68. The van der Waals surface area contributed by atoms with Gasteiger partial charge in [-0.2, -0.15) is 0 Å². The molecule has 4 N–H and O–H groups in total. The van der Waals surface area contributed by atoms with E-state index in [1.54, 1.807) is 30.6 Å². The summed E-state index contributed by atoms with van der Waals surface area (Å²) in [5, 5.41) is 3.74. The quantitative estimate of drug-likeness (QED) is 0.377. The van der Waals surface area contributed by atoms with E-state index in [-0.39, 0.29) is 6.42 Å². The first-order chi connectivity index (χ1) is 16.1. The van der Waals surface area contributed by atoms with Gasteiger partial charge in [0.2, 0.25) is 5.91 Å². The highest BCUT2D eigenvalue weighted by molar-refractivity contribution is 6.00. The Kier molecular flexibility index (Phi) is 5.24. The third kappa shape index (κ3) is 4.27. The van der Waals surface area contributed by atoms with Crippen molar-refractivity contribution in [3.8, 4) is 11.4 Å². The lowest BCUT2D eigenvalue weighted by Crippen LogP contribution is -2.46. The highest BCUT2D eigenvalue weighted by Crippen LogP contribution is 2.21. The Bertz CT molecular complexity index is 1480. The summed E-state index contributed by atoms with van der Waals surface area (Å²) < 4.78 is 0. The highest BCUT2D eigenvalue weighted by Gasteiger charge is 2.21. The van der Waals surface area contributed by atoms with Crippen molar-refractivity contribution in [3.63, 3.8) is 0 Å². The monoisotopic (exact) mass is 436 g/mol. The van der Waals surface area contributed by atoms with Crippen molar-refractivity contribution in [1.82, 2.24) is 25.3 Å². The minimum Gasteiger partial charge on any atom is -0.368 e. The molecule has 0 spiro atoms. The van der Waals surface area contributed by atoms with Crippen LogP contribution in [0.2, 0.25) is 0 Å². The van der Waals surface area contributed by atoms with Gasteiger partial charge in [-0.3, -0.25) is 19.6 Å². The Morgan fingerprint density at radius 1 is 0.939 bits per heavy atom. The number of rotatable bonds is 6. The summed E-state index contributed by atoms with van der Waals surface area (Å²) in [4.78, 5) is 41.3. The molecule has 1 unspecified atom stereocenters. The SMILES string of the molecule is NC(=O)C(Cc1ccc2ccccc2n1)NC(=O)c1ccc2nc(-c3ccncc3)[nH]c2c1. The van der Waals surface area contributed by atoms with Crippen LogP contribution in [-0.2, 0) is 11.2 Å². The average molecular weight is 436 g/mol. The number of aromatic amines is 1. The molecule has 1 atom stereocenters. The molecule has 3 aromatic heterocycles. The molecule has 0 radical (unpaired) electrons. The number of nitrogens with zero attached hydrogens (tertiary/aromatic N) is 3. The van der Waals surface area contributed by atoms with E-state index < -0.39 is 17.9 Å². The molecule has 162 valence electrons. The zero-order chi connectivity index (χ0) is 22.8. The van der Waals surface area contributed by atoms with E-state index in [9.17, 15) is 9.59 Å². The maximum atomic E-state index is 12.9. The smallest absolute Gasteiger partial charge is 0.252 e. The van der Waals surface area contributed by atoms with Crippen molar-refractivity contribution < 1.29 is 9.59 Å². The second kappa shape index (κ2) is 8.51. The fourth-order valence-electron chi connectivity index (χ4n) is 3.69. The lowest BCUT2D eigenvalue weighted by molar-refractivity contribution is -0.119. The number of aromatic nitrogens is 4. The number of H-pyrrole nitrogens is 1. The first-order valence-electron chi connectivity index (χ1n) is 10.4. The molecule has 3 heterocycles. The maximum Gasteiger partial charge on any atom is 0.252 e. The highest BCUT2D eigenvalue weighted by atomic mass is 16.2. The topological polar surface area (TPSA) is 127 Å². The van der Waals surface area contributed by atoms with Gasteiger partial charge < -0.3 is 16.0 Å². The number of carbonyl (C=O) groups excluding carboxylic acids is 2. The summed E-state index contributed by atoms with van der Waals surface area (Å²) in [6.07, 6.45) is 3.58. The first kappa shape index (κ1) is 20.3. The van der Waals surface area contributed by atoms with Crippen molar-refractivity contribution in [2.75, 3.05) is 0 Å². The fourth-order valence-corrected chi connectivity index (χ4v) is 3.69. The van der Waals surface area contributed by atoms with Crippen molar-refractivity contribution in [3.05, 3.63) is 90.4 Å². The van der Waals surface area contributed by atoms with Crippen LogP contribution in [0.15, 0.2) is 79.1 Å². The molecule has 33 heavy (non-hydrogen) atoms. The Morgan fingerprint density at radius 2 is 1.76 bits per heavy atom. The summed E-state index contributed by atoms with van der Waals surface area (Å²) >= 11 is 0. The van der Waals surface area contributed by atoms with Crippen LogP contribution < -0.4 is 11.1 Å². The number of pyridine rings is 2. The van der Waals surface area contributed by atoms with Crippen molar-refractivity contribution >= 4 is 33.8 Å². The lowest BCUT2D eigenvalue weighted by Gasteiger charge is -2.15. The number of nitrogens with one attached hydrogen (secondary N) is 2. The molecule has 2 aromatic carbocycles. The number of imidazole rings is 1. The molecular weight excluding hydrogens is 416 g/mol. The number of benzene rings is 2. The zero-order valence-corrected chi connectivity index (χ0v) is 17.5. The Hall–Kier alpha value is -4.59. The molecule has 0 aliphatic rings. The van der Waals surface area contributed by atoms with Gasteiger partial charge >= 0.3 is 0 Å². The molecule has 2 amide bonds. The lowest BCUT2D eigenvalue weighted by atomic mass is 10.1. The van der Waals surface area contributed by atoms with Crippen LogP contribution in [0.25, 0.3) is 33.3 Å². The number of primary amides is 1. The summed E-state index contributed by atoms with van der Waals surface area (Å²) in [5.74, 6) is -0.343. The van der Waals surface area contributed by atoms with Gasteiger partial charge in [0.25, 0.3) is 5.91 Å². The van der Waals surface area contributed by atoms with E-state index in [2.05, 4.69) is 25.3 Å². The molecule has 5 rings (SSSR count). The standard InChI is InChI=1S/C25H20N6O2/c26-23(32)22(14-18-7-5-15-3-1-2-4-19(15)28-18)31-25(33)17-6-8-20-21(13-17)30-24(29-20)16-9-11-27-12-10-16/h1-13,22H,14H2,(H2,26,32)(H,29,30)(H,31,33).